The molecule has 6 heterocycles. The van der Waals surface area contributed by atoms with E-state index in [1.807, 2.05) is 32.9 Å². The van der Waals surface area contributed by atoms with E-state index in [9.17, 15) is 23.6 Å². The van der Waals surface area contributed by atoms with Crippen molar-refractivity contribution >= 4 is 58.3 Å². The second-order valence-electron chi connectivity index (χ2n) is 17.1. The summed E-state index contributed by atoms with van der Waals surface area (Å²) >= 11 is 6.38. The smallest absolute Gasteiger partial charge is 0.328 e. The Labute approximate surface area is 367 Å². The van der Waals surface area contributed by atoms with Crippen molar-refractivity contribution < 1.29 is 32.3 Å². The molecule has 5 fully saturated rings. The number of fused-ring (bicyclic) bond motifs is 1. The minimum Gasteiger partial charge on any atom is -0.385 e. The normalized spacial score (nSPS) is 24.5. The number of H-pyrrole nitrogens is 1. The quantitative estimate of drug-likeness (QED) is 0.142. The molecule has 1 aromatic heterocycles. The second kappa shape index (κ2) is 17.2. The summed E-state index contributed by atoms with van der Waals surface area (Å²) in [6.07, 6.45) is 3.42. The summed E-state index contributed by atoms with van der Waals surface area (Å²) < 4.78 is 45.2. The van der Waals surface area contributed by atoms with Crippen molar-refractivity contribution in [3.8, 4) is 0 Å². The number of carbonyl (C=O) groups excluding carboxylic acids is 4. The van der Waals surface area contributed by atoms with E-state index < -0.39 is 36.1 Å². The van der Waals surface area contributed by atoms with Gasteiger partial charge in [0.15, 0.2) is 5.82 Å². The van der Waals surface area contributed by atoms with Crippen LogP contribution in [0.2, 0.25) is 5.02 Å². The standard InChI is InChI=1S/C43H50ClF3N12O4/c1-49-32(39-50-20-33(51-39)40(61)52-31-18-30(31)45)19-37(48)58-11-7-28-26(3-2-4-34(28)58)21-54-10-8-36(43(46,47)24-54)57-22-27(23-57)55-13-15-56(16-14-55)41(62)25-5-6-29(44)35(17-25)59-12-9-38(60)53-42(59)63/h2-6,17,19-20,27,30-31,36,48-49H,7-16,18,21-24H2,1H3,(H,50,51)(H,52,61)(H,53,60,63)/b32-19+,48-37?. The summed E-state index contributed by atoms with van der Waals surface area (Å²) in [5.41, 5.74) is 4.30. The lowest BCUT2D eigenvalue weighted by Gasteiger charge is -2.53. The number of piperidine rings is 1. The second-order valence-corrected chi connectivity index (χ2v) is 17.5. The van der Waals surface area contributed by atoms with Crippen molar-refractivity contribution in [1.82, 2.24) is 45.5 Å². The zero-order valence-electron chi connectivity index (χ0n) is 34.8. The number of piperazine rings is 1. The lowest BCUT2D eigenvalue weighted by Crippen LogP contribution is -2.69. The van der Waals surface area contributed by atoms with Crippen molar-refractivity contribution in [2.45, 2.75) is 62.4 Å². The van der Waals surface area contributed by atoms with Gasteiger partial charge in [-0.3, -0.25) is 44.7 Å². The number of urea groups is 1. The number of amidine groups is 1. The molecule has 334 valence electrons. The van der Waals surface area contributed by atoms with E-state index >= 15 is 8.78 Å². The Morgan fingerprint density at radius 1 is 1.02 bits per heavy atom. The highest BCUT2D eigenvalue weighted by atomic mass is 35.5. The molecule has 3 aromatic rings. The number of aromatic amines is 1. The van der Waals surface area contributed by atoms with Gasteiger partial charge in [-0.05, 0) is 48.2 Å². The maximum absolute atomic E-state index is 15.9. The number of anilines is 2. The molecule has 20 heteroatoms. The van der Waals surface area contributed by atoms with Crippen LogP contribution >= 0.6 is 11.6 Å². The molecular formula is C43H50ClF3N12O4. The third-order valence-electron chi connectivity index (χ3n) is 13.1. The van der Waals surface area contributed by atoms with E-state index in [2.05, 4.69) is 30.8 Å². The van der Waals surface area contributed by atoms with E-state index in [0.29, 0.717) is 106 Å². The number of hydrogen-bond donors (Lipinski definition) is 5. The highest BCUT2D eigenvalue weighted by molar-refractivity contribution is 6.34. The summed E-state index contributed by atoms with van der Waals surface area (Å²) in [7, 11) is 1.69. The van der Waals surface area contributed by atoms with Crippen LogP contribution in [0.5, 0.6) is 0 Å². The zero-order valence-corrected chi connectivity index (χ0v) is 35.6. The first-order chi connectivity index (χ1) is 30.3. The van der Waals surface area contributed by atoms with E-state index in [4.69, 9.17) is 17.0 Å². The maximum Gasteiger partial charge on any atom is 0.328 e. The summed E-state index contributed by atoms with van der Waals surface area (Å²) in [6, 6.07) is 8.84. The fourth-order valence-electron chi connectivity index (χ4n) is 9.43. The first kappa shape index (κ1) is 42.8. The number of carbonyl (C=O) groups is 4. The number of aromatic nitrogens is 2. The minimum atomic E-state index is -2.91. The van der Waals surface area contributed by atoms with Gasteiger partial charge < -0.3 is 25.4 Å². The fourth-order valence-corrected chi connectivity index (χ4v) is 9.65. The molecule has 16 nitrogen and oxygen atoms in total. The zero-order chi connectivity index (χ0) is 44.2. The number of halogens is 4. The molecule has 63 heavy (non-hydrogen) atoms. The number of amides is 5. The molecule has 5 aliphatic heterocycles. The van der Waals surface area contributed by atoms with Gasteiger partial charge in [-0.1, -0.05) is 23.7 Å². The van der Waals surface area contributed by atoms with E-state index in [1.54, 1.807) is 36.2 Å². The van der Waals surface area contributed by atoms with E-state index in [0.717, 1.165) is 16.8 Å². The highest BCUT2D eigenvalue weighted by Gasteiger charge is 2.51. The third kappa shape index (κ3) is 8.75. The Kier molecular flexibility index (Phi) is 11.7. The molecule has 5 N–H and O–H groups in total. The number of imide groups is 1. The highest BCUT2D eigenvalue weighted by Crippen LogP contribution is 2.38. The van der Waals surface area contributed by atoms with Gasteiger partial charge in [0.1, 0.15) is 17.7 Å². The topological polar surface area (TPSA) is 176 Å². The average Bonchev–Trinajstić information content (AvgIpc) is 3.57. The van der Waals surface area contributed by atoms with Gasteiger partial charge in [0.25, 0.3) is 17.7 Å². The average molecular weight is 891 g/mol. The fraction of sp³-hybridized carbons (Fsp3) is 0.488. The predicted octanol–water partition coefficient (Wildman–Crippen LogP) is 3.30. The number of alkyl halides is 3. The Morgan fingerprint density at radius 3 is 2.51 bits per heavy atom. The molecule has 6 aliphatic rings. The van der Waals surface area contributed by atoms with Crippen LogP contribution in [0, 0.1) is 5.41 Å². The Morgan fingerprint density at radius 2 is 1.79 bits per heavy atom. The molecule has 0 bridgehead atoms. The number of likely N-dealkylation sites (tertiary alicyclic amines) is 2. The van der Waals surface area contributed by atoms with Gasteiger partial charge in [0.2, 0.25) is 5.91 Å². The molecule has 9 rings (SSSR count). The lowest BCUT2D eigenvalue weighted by molar-refractivity contribution is -0.155. The van der Waals surface area contributed by atoms with Crippen LogP contribution in [-0.4, -0.2) is 162 Å². The van der Waals surface area contributed by atoms with Crippen LogP contribution in [0.25, 0.3) is 5.70 Å². The van der Waals surface area contributed by atoms with E-state index in [-0.39, 0.29) is 48.9 Å². The van der Waals surface area contributed by atoms with Crippen molar-refractivity contribution in [3.63, 3.8) is 0 Å². The van der Waals surface area contributed by atoms with Crippen LogP contribution in [0.1, 0.15) is 57.1 Å². The van der Waals surface area contributed by atoms with Crippen LogP contribution in [0.15, 0.2) is 48.7 Å². The first-order valence-electron chi connectivity index (χ1n) is 21.4. The summed E-state index contributed by atoms with van der Waals surface area (Å²) in [4.78, 5) is 68.3. The molecule has 1 aliphatic carbocycles. The third-order valence-corrected chi connectivity index (χ3v) is 13.4. The Bertz CT molecular complexity index is 2350. The molecule has 2 aromatic carbocycles. The number of benzene rings is 2. The van der Waals surface area contributed by atoms with Crippen LogP contribution < -0.4 is 25.8 Å². The molecule has 0 spiro atoms. The van der Waals surface area contributed by atoms with Crippen molar-refractivity contribution in [2.24, 2.45) is 0 Å². The van der Waals surface area contributed by atoms with Crippen LogP contribution in [0.4, 0.5) is 29.3 Å². The molecule has 3 unspecified atom stereocenters. The lowest BCUT2D eigenvalue weighted by atomic mass is 9.93. The van der Waals surface area contributed by atoms with Gasteiger partial charge in [0, 0.05) is 109 Å². The largest absolute Gasteiger partial charge is 0.385 e. The predicted molar refractivity (Wildman–Crippen MR) is 230 cm³/mol. The number of nitrogens with one attached hydrogen (secondary N) is 5. The van der Waals surface area contributed by atoms with Crippen molar-refractivity contribution in [1.29, 1.82) is 5.41 Å². The number of hydrogen-bond acceptors (Lipinski definition) is 10. The van der Waals surface area contributed by atoms with Gasteiger partial charge in [-0.25, -0.2) is 22.9 Å². The molecule has 3 atom stereocenters. The Hall–Kier alpha value is -5.50. The van der Waals surface area contributed by atoms with Gasteiger partial charge in [0.05, 0.1) is 41.2 Å². The number of rotatable bonds is 11. The summed E-state index contributed by atoms with van der Waals surface area (Å²) in [5, 5.41) is 17.2. The van der Waals surface area contributed by atoms with Gasteiger partial charge >= 0.3 is 6.03 Å². The molecule has 0 radical (unpaired) electrons. The van der Waals surface area contributed by atoms with Crippen molar-refractivity contribution in [3.05, 3.63) is 81.9 Å². The van der Waals surface area contributed by atoms with E-state index in [1.165, 1.54) is 11.1 Å². The summed E-state index contributed by atoms with van der Waals surface area (Å²) in [6.45, 7) is 4.57. The van der Waals surface area contributed by atoms with Gasteiger partial charge in [-0.2, -0.15) is 0 Å². The molecular weight excluding hydrogens is 841 g/mol. The number of nitrogens with zero attached hydrogens (tertiary/aromatic N) is 7. The van der Waals surface area contributed by atoms with Crippen LogP contribution in [-0.2, 0) is 17.8 Å². The monoisotopic (exact) mass is 890 g/mol. The van der Waals surface area contributed by atoms with Crippen molar-refractivity contribution in [2.75, 3.05) is 82.3 Å². The molecule has 1 saturated carbocycles. The van der Waals surface area contributed by atoms with Crippen LogP contribution in [0.3, 0.4) is 0 Å². The SMILES string of the molecule is CN/C(=C/C(=N)N1CCc2c(CN3CCC(N4CC(N5CCN(C(=O)c6ccc(Cl)c(N7CCC(=O)NC7=O)c6)CC5)C4)C(F)(F)C3)cccc21)c1ncc(C(=O)NC2CC2F)[nH]1. The van der Waals surface area contributed by atoms with Gasteiger partial charge in [-0.15, -0.1) is 0 Å². The Balaban J connectivity index is 0.753. The summed E-state index contributed by atoms with van der Waals surface area (Å²) in [5.74, 6) is -3.34. The first-order valence-corrected chi connectivity index (χ1v) is 21.8. The minimum absolute atomic E-state index is 0.132. The molecule has 5 amide bonds. The maximum atomic E-state index is 15.9. The molecule has 4 saturated heterocycles. The number of imidazole rings is 1.